The van der Waals surface area contributed by atoms with Crippen molar-refractivity contribution in [3.63, 3.8) is 0 Å². The van der Waals surface area contributed by atoms with Crippen LogP contribution in [-0.2, 0) is 4.74 Å². The summed E-state index contributed by atoms with van der Waals surface area (Å²) >= 11 is 5.89. The predicted molar refractivity (Wildman–Crippen MR) is 95.8 cm³/mol. The van der Waals surface area contributed by atoms with E-state index in [-0.39, 0.29) is 11.6 Å². The van der Waals surface area contributed by atoms with Gasteiger partial charge in [0, 0.05) is 10.6 Å². The zero-order chi connectivity index (χ0) is 20.4. The van der Waals surface area contributed by atoms with Crippen molar-refractivity contribution < 1.29 is 30.0 Å². The van der Waals surface area contributed by atoms with Gasteiger partial charge in [0.2, 0.25) is 5.82 Å². The van der Waals surface area contributed by atoms with Crippen LogP contribution in [0.2, 0.25) is 5.02 Å². The van der Waals surface area contributed by atoms with Crippen LogP contribution in [-0.4, -0.2) is 71.7 Å². The Balaban J connectivity index is 1.70. The van der Waals surface area contributed by atoms with E-state index in [1.165, 1.54) is 18.2 Å². The number of phenols is 1. The number of benzene rings is 1. The van der Waals surface area contributed by atoms with Crippen molar-refractivity contribution in [3.05, 3.63) is 40.9 Å². The molecule has 11 nitrogen and oxygen atoms in total. The number of halogens is 1. The number of aromatic hydroxyl groups is 1. The fourth-order valence-corrected chi connectivity index (χ4v) is 2.82. The molecule has 2 heterocycles. The smallest absolute Gasteiger partial charge is 0.311 e. The van der Waals surface area contributed by atoms with Crippen molar-refractivity contribution in [3.8, 4) is 5.75 Å². The molecule has 1 amide bonds. The highest BCUT2D eigenvalue weighted by Gasteiger charge is 2.44. The number of rotatable bonds is 5. The van der Waals surface area contributed by atoms with E-state index in [9.17, 15) is 20.1 Å². The lowest BCUT2D eigenvalue weighted by atomic mass is 10.1. The molecule has 0 aliphatic carbocycles. The second kappa shape index (κ2) is 8.20. The molecule has 28 heavy (non-hydrogen) atoms. The number of carbonyl (C=O) groups is 1. The van der Waals surface area contributed by atoms with Crippen LogP contribution in [0.5, 0.6) is 5.75 Å². The molecule has 1 aliphatic heterocycles. The van der Waals surface area contributed by atoms with Gasteiger partial charge in [0.15, 0.2) is 6.23 Å². The summed E-state index contributed by atoms with van der Waals surface area (Å²) in [6.07, 6.45) is -3.57. The molecule has 150 valence electrons. The molecule has 12 heteroatoms. The molecular weight excluding hydrogens is 394 g/mol. The first kappa shape index (κ1) is 20.2. The summed E-state index contributed by atoms with van der Waals surface area (Å²) in [7, 11) is 0. The van der Waals surface area contributed by atoms with Gasteiger partial charge in [-0.15, -0.1) is 5.10 Å². The van der Waals surface area contributed by atoms with Crippen LogP contribution < -0.4 is 5.43 Å². The van der Waals surface area contributed by atoms with Crippen LogP contribution in [0.3, 0.4) is 0 Å². The first-order valence-corrected chi connectivity index (χ1v) is 8.56. The largest absolute Gasteiger partial charge is 0.507 e. The first-order chi connectivity index (χ1) is 13.3. The number of nitrogens with zero attached hydrogens (tertiary/aromatic N) is 4. The molecule has 1 aromatic heterocycles. The van der Waals surface area contributed by atoms with Gasteiger partial charge in [0.25, 0.3) is 0 Å². The monoisotopic (exact) mass is 411 g/mol. The summed E-state index contributed by atoms with van der Waals surface area (Å²) in [5.74, 6) is -1.05. The number of hydrogen-bond acceptors (Lipinski definition) is 9. The molecule has 1 saturated heterocycles. The molecule has 5 N–H and O–H groups in total. The standard InChI is InChI=1S/C16H18ClN5O6/c1-7(9-4-8(17)2-3-10(9)24)19-20-15(27)14-18-6-22(21-14)16-13(26)12(25)11(5-23)28-16/h2-4,6,11-13,16,23-26H,5H2,1H3,(H,20,27)/b19-7-/t11-,12-,13-,16-/m1/s1. The average molecular weight is 412 g/mol. The molecule has 0 unspecified atom stereocenters. The Kier molecular flexibility index (Phi) is 5.91. The van der Waals surface area contributed by atoms with Crippen molar-refractivity contribution in [2.75, 3.05) is 6.61 Å². The van der Waals surface area contributed by atoms with Crippen molar-refractivity contribution in [1.29, 1.82) is 0 Å². The third kappa shape index (κ3) is 3.98. The fraction of sp³-hybridized carbons (Fsp3) is 0.375. The van der Waals surface area contributed by atoms with Gasteiger partial charge in [0.1, 0.15) is 30.4 Å². The Hall–Kier alpha value is -2.57. The molecule has 0 bridgehead atoms. The number of aromatic nitrogens is 3. The van der Waals surface area contributed by atoms with E-state index >= 15 is 0 Å². The number of amides is 1. The summed E-state index contributed by atoms with van der Waals surface area (Å²) in [5.41, 5.74) is 2.90. The van der Waals surface area contributed by atoms with Crippen LogP contribution in [0.25, 0.3) is 0 Å². The first-order valence-electron chi connectivity index (χ1n) is 8.19. The van der Waals surface area contributed by atoms with Gasteiger partial charge in [-0.1, -0.05) is 11.6 Å². The van der Waals surface area contributed by atoms with Gasteiger partial charge in [-0.3, -0.25) is 4.79 Å². The topological polar surface area (TPSA) is 162 Å². The van der Waals surface area contributed by atoms with Crippen molar-refractivity contribution >= 4 is 23.2 Å². The highest BCUT2D eigenvalue weighted by molar-refractivity contribution is 6.31. The van der Waals surface area contributed by atoms with Crippen LogP contribution >= 0.6 is 11.6 Å². The maximum Gasteiger partial charge on any atom is 0.311 e. The normalized spacial score (nSPS) is 25.1. The quantitative estimate of drug-likeness (QED) is 0.322. The second-order valence-corrected chi connectivity index (χ2v) is 6.51. The Morgan fingerprint density at radius 3 is 2.82 bits per heavy atom. The van der Waals surface area contributed by atoms with Gasteiger partial charge >= 0.3 is 5.91 Å². The molecule has 3 rings (SSSR count). The van der Waals surface area contributed by atoms with Gasteiger partial charge in [-0.05, 0) is 25.1 Å². The maximum atomic E-state index is 12.2. The summed E-state index contributed by atoms with van der Waals surface area (Å²) in [5, 5.41) is 46.9. The molecule has 0 radical (unpaired) electrons. The third-order valence-corrected chi connectivity index (χ3v) is 4.40. The van der Waals surface area contributed by atoms with E-state index < -0.39 is 37.1 Å². The van der Waals surface area contributed by atoms with Gasteiger partial charge in [-0.2, -0.15) is 5.10 Å². The number of hydrogen-bond donors (Lipinski definition) is 5. The molecular formula is C16H18ClN5O6. The maximum absolute atomic E-state index is 12.2. The minimum atomic E-state index is -1.35. The summed E-state index contributed by atoms with van der Waals surface area (Å²) in [6.45, 7) is 1.08. The lowest BCUT2D eigenvalue weighted by molar-refractivity contribution is -0.0588. The Morgan fingerprint density at radius 1 is 1.39 bits per heavy atom. The van der Waals surface area contributed by atoms with E-state index in [2.05, 4.69) is 20.6 Å². The predicted octanol–water partition coefficient (Wildman–Crippen LogP) is -0.597. The number of hydrazone groups is 1. The lowest BCUT2D eigenvalue weighted by Gasteiger charge is -2.13. The third-order valence-electron chi connectivity index (χ3n) is 4.16. The van der Waals surface area contributed by atoms with Crippen LogP contribution in [0.15, 0.2) is 29.6 Å². The number of aliphatic hydroxyl groups excluding tert-OH is 3. The number of carbonyl (C=O) groups excluding carboxylic acids is 1. The lowest BCUT2D eigenvalue weighted by Crippen LogP contribution is -2.33. The molecule has 0 saturated carbocycles. The number of phenolic OH excluding ortho intramolecular Hbond substituents is 1. The van der Waals surface area contributed by atoms with Crippen LogP contribution in [0.4, 0.5) is 0 Å². The minimum absolute atomic E-state index is 0.0494. The van der Waals surface area contributed by atoms with Gasteiger partial charge in [0.05, 0.1) is 12.3 Å². The molecule has 1 aliphatic rings. The Bertz CT molecular complexity index is 903. The zero-order valence-corrected chi connectivity index (χ0v) is 15.4. The van der Waals surface area contributed by atoms with E-state index in [0.717, 1.165) is 11.0 Å². The molecule has 1 fully saturated rings. The Morgan fingerprint density at radius 2 is 2.14 bits per heavy atom. The van der Waals surface area contributed by atoms with E-state index in [1.807, 2.05) is 0 Å². The number of aliphatic hydroxyl groups is 3. The summed E-state index contributed by atoms with van der Waals surface area (Å²) in [4.78, 5) is 16.0. The summed E-state index contributed by atoms with van der Waals surface area (Å²) in [6, 6.07) is 4.42. The molecule has 4 atom stereocenters. The molecule has 0 spiro atoms. The van der Waals surface area contributed by atoms with Crippen LogP contribution in [0, 0.1) is 0 Å². The highest BCUT2D eigenvalue weighted by atomic mass is 35.5. The number of nitrogens with one attached hydrogen (secondary N) is 1. The highest BCUT2D eigenvalue weighted by Crippen LogP contribution is 2.28. The minimum Gasteiger partial charge on any atom is -0.507 e. The average Bonchev–Trinajstić information content (AvgIpc) is 3.27. The summed E-state index contributed by atoms with van der Waals surface area (Å²) < 4.78 is 6.37. The van der Waals surface area contributed by atoms with Gasteiger partial charge in [-0.25, -0.2) is 15.1 Å². The fourth-order valence-electron chi connectivity index (χ4n) is 2.64. The zero-order valence-electron chi connectivity index (χ0n) is 14.6. The van der Waals surface area contributed by atoms with Crippen molar-refractivity contribution in [1.82, 2.24) is 20.2 Å². The van der Waals surface area contributed by atoms with Crippen LogP contribution in [0.1, 0.15) is 29.3 Å². The van der Waals surface area contributed by atoms with Crippen molar-refractivity contribution in [2.24, 2.45) is 5.10 Å². The van der Waals surface area contributed by atoms with E-state index in [4.69, 9.17) is 21.4 Å². The molecule has 1 aromatic carbocycles. The number of ether oxygens (including phenoxy) is 1. The molecule has 2 aromatic rings. The Labute approximate surface area is 163 Å². The van der Waals surface area contributed by atoms with E-state index in [1.54, 1.807) is 6.92 Å². The SMILES string of the molecule is C/C(=N/NC(=O)c1ncn([C@@H]2O[C@H](CO)[C@@H](O)[C@H]2O)n1)c1cc(Cl)ccc1O. The second-order valence-electron chi connectivity index (χ2n) is 6.08. The van der Waals surface area contributed by atoms with E-state index in [0.29, 0.717) is 16.3 Å². The van der Waals surface area contributed by atoms with Gasteiger partial charge < -0.3 is 25.2 Å². The van der Waals surface area contributed by atoms with Crippen molar-refractivity contribution in [2.45, 2.75) is 31.5 Å².